The van der Waals surface area contributed by atoms with E-state index in [2.05, 4.69) is 4.98 Å². The van der Waals surface area contributed by atoms with Crippen LogP contribution in [0.15, 0.2) is 22.6 Å². The van der Waals surface area contributed by atoms with Crippen LogP contribution in [-0.2, 0) is 0 Å². The summed E-state index contributed by atoms with van der Waals surface area (Å²) < 4.78 is 10.2. The van der Waals surface area contributed by atoms with Gasteiger partial charge in [-0.25, -0.2) is 0 Å². The third-order valence-electron chi connectivity index (χ3n) is 1.66. The Hall–Kier alpha value is -0.780. The highest BCUT2D eigenvalue weighted by Gasteiger charge is 2.06. The van der Waals surface area contributed by atoms with Crippen molar-refractivity contribution in [3.63, 3.8) is 0 Å². The van der Waals surface area contributed by atoms with Crippen LogP contribution in [-0.4, -0.2) is 4.98 Å². The van der Waals surface area contributed by atoms with E-state index in [1.807, 2.05) is 25.1 Å². The summed E-state index contributed by atoms with van der Waals surface area (Å²) in [5.74, 6) is 0. The molecule has 0 aliphatic carbocycles. The lowest BCUT2D eigenvalue weighted by Gasteiger charge is -1.89. The zero-order valence-corrected chi connectivity index (χ0v) is 8.53. The summed E-state index contributed by atoms with van der Waals surface area (Å²) in [6.45, 7) is 1.98. The summed E-state index contributed by atoms with van der Waals surface area (Å²) in [5, 5.41) is 0. The molecule has 0 fully saturated rings. The van der Waals surface area contributed by atoms with Crippen molar-refractivity contribution in [3.8, 4) is 6.08 Å². The number of aromatic nitrogens is 1. The molecule has 2 aromatic rings. The molecule has 1 aromatic heterocycles. The minimum absolute atomic E-state index is 0.305. The summed E-state index contributed by atoms with van der Waals surface area (Å²) in [7, 11) is 0. The van der Waals surface area contributed by atoms with Crippen molar-refractivity contribution in [2.75, 3.05) is 0 Å². The Balaban J connectivity index is 2.74. The zero-order chi connectivity index (χ0) is 8.55. The highest BCUT2D eigenvalue weighted by Crippen LogP contribution is 2.23. The lowest BCUT2D eigenvalue weighted by atomic mass is 10.2. The molecule has 0 amide bonds. The van der Waals surface area contributed by atoms with Gasteiger partial charge in [0.1, 0.15) is 5.52 Å². The third-order valence-corrected chi connectivity index (χ3v) is 2.03. The molecule has 0 saturated carbocycles. The first-order valence-electron chi connectivity index (χ1n) is 3.46. The minimum Gasteiger partial charge on any atom is -0.408 e. The number of halogens is 1. The van der Waals surface area contributed by atoms with Gasteiger partial charge in [-0.1, -0.05) is 12.1 Å². The largest absolute Gasteiger partial charge is 0.408 e. The fourth-order valence-electron chi connectivity index (χ4n) is 1.10. The monoisotopic (exact) mass is 275 g/mol. The van der Waals surface area contributed by atoms with E-state index >= 15 is 0 Å². The molecule has 12 heavy (non-hydrogen) atoms. The van der Waals surface area contributed by atoms with Gasteiger partial charge in [0, 0.05) is 0 Å². The first-order chi connectivity index (χ1) is 5.81. The van der Waals surface area contributed by atoms with Crippen LogP contribution >= 0.6 is 23.0 Å². The normalized spacial score (nSPS) is 10.5. The summed E-state index contributed by atoms with van der Waals surface area (Å²) in [4.78, 5) is 4.10. The minimum atomic E-state index is 0.305. The molecule has 0 radical (unpaired) electrons. The lowest BCUT2D eigenvalue weighted by Crippen LogP contribution is -1.71. The Morgan fingerprint density at radius 1 is 1.50 bits per heavy atom. The van der Waals surface area contributed by atoms with Crippen LogP contribution in [0.4, 0.5) is 0 Å². The number of hydrogen-bond acceptors (Lipinski definition) is 3. The van der Waals surface area contributed by atoms with Crippen molar-refractivity contribution in [2.45, 2.75) is 6.92 Å². The molecule has 0 aliphatic heterocycles. The molecule has 0 N–H and O–H groups in total. The SMILES string of the molecule is Cc1cccc2nc(OI)oc12. The molecule has 2 rings (SSSR count). The molecule has 0 aliphatic rings. The fraction of sp³-hybridized carbons (Fsp3) is 0.125. The first kappa shape index (κ1) is 7.85. The van der Waals surface area contributed by atoms with Gasteiger partial charge >= 0.3 is 6.08 Å². The van der Waals surface area contributed by atoms with Crippen molar-refractivity contribution in [3.05, 3.63) is 23.8 Å². The Bertz CT molecular complexity index is 410. The van der Waals surface area contributed by atoms with Crippen LogP contribution in [0.1, 0.15) is 5.56 Å². The zero-order valence-electron chi connectivity index (χ0n) is 6.37. The van der Waals surface area contributed by atoms with Crippen molar-refractivity contribution in [1.82, 2.24) is 4.98 Å². The molecule has 0 bridgehead atoms. The first-order valence-corrected chi connectivity index (χ1v) is 4.34. The van der Waals surface area contributed by atoms with Gasteiger partial charge in [0.25, 0.3) is 0 Å². The van der Waals surface area contributed by atoms with Gasteiger partial charge in [0.2, 0.25) is 0 Å². The lowest BCUT2D eigenvalue weighted by molar-refractivity contribution is 0.452. The molecule has 3 nitrogen and oxygen atoms in total. The van der Waals surface area contributed by atoms with E-state index in [1.165, 1.54) is 0 Å². The van der Waals surface area contributed by atoms with Gasteiger partial charge in [-0.2, -0.15) is 4.98 Å². The molecular weight excluding hydrogens is 269 g/mol. The average molecular weight is 275 g/mol. The molecule has 1 heterocycles. The van der Waals surface area contributed by atoms with E-state index in [1.54, 1.807) is 23.0 Å². The number of fused-ring (bicyclic) bond motifs is 1. The average Bonchev–Trinajstić information content (AvgIpc) is 2.49. The molecule has 0 atom stereocenters. The Morgan fingerprint density at radius 2 is 2.33 bits per heavy atom. The quantitative estimate of drug-likeness (QED) is 0.751. The van der Waals surface area contributed by atoms with Crippen LogP contribution in [0.2, 0.25) is 0 Å². The second kappa shape index (κ2) is 2.93. The van der Waals surface area contributed by atoms with E-state index in [4.69, 9.17) is 7.48 Å². The smallest absolute Gasteiger partial charge is 0.404 e. The molecule has 0 unspecified atom stereocenters. The second-order valence-electron chi connectivity index (χ2n) is 2.48. The Kier molecular flexibility index (Phi) is 1.92. The maximum Gasteiger partial charge on any atom is 0.404 e. The summed E-state index contributed by atoms with van der Waals surface area (Å²) in [5.41, 5.74) is 2.70. The molecule has 1 aromatic carbocycles. The van der Waals surface area contributed by atoms with Crippen molar-refractivity contribution in [1.29, 1.82) is 0 Å². The molecule has 4 heteroatoms. The highest BCUT2D eigenvalue weighted by molar-refractivity contribution is 14.1. The van der Waals surface area contributed by atoms with E-state index < -0.39 is 0 Å². The van der Waals surface area contributed by atoms with Gasteiger partial charge in [-0.05, 0) is 18.6 Å². The number of aryl methyl sites for hydroxylation is 1. The molecular formula is C8H6INO2. The van der Waals surface area contributed by atoms with Crippen LogP contribution in [0, 0.1) is 6.92 Å². The van der Waals surface area contributed by atoms with Crippen molar-refractivity contribution in [2.24, 2.45) is 0 Å². The van der Waals surface area contributed by atoms with Crippen LogP contribution in [0.25, 0.3) is 11.1 Å². The molecule has 0 saturated heterocycles. The molecule has 0 spiro atoms. The number of hydrogen-bond donors (Lipinski definition) is 0. The number of rotatable bonds is 1. The van der Waals surface area contributed by atoms with Crippen LogP contribution < -0.4 is 3.07 Å². The van der Waals surface area contributed by atoms with Gasteiger partial charge in [0.15, 0.2) is 28.6 Å². The number of para-hydroxylation sites is 1. The highest BCUT2D eigenvalue weighted by atomic mass is 127. The summed E-state index contributed by atoms with van der Waals surface area (Å²) >= 11 is 1.74. The van der Waals surface area contributed by atoms with Gasteiger partial charge in [-0.15, -0.1) is 0 Å². The number of benzene rings is 1. The van der Waals surface area contributed by atoms with E-state index in [9.17, 15) is 0 Å². The predicted octanol–water partition coefficient (Wildman–Crippen LogP) is 2.87. The number of oxazole rings is 1. The van der Waals surface area contributed by atoms with Gasteiger partial charge in [-0.3, -0.25) is 0 Å². The van der Waals surface area contributed by atoms with Crippen LogP contribution in [0.5, 0.6) is 6.08 Å². The van der Waals surface area contributed by atoms with E-state index in [0.29, 0.717) is 6.08 Å². The summed E-state index contributed by atoms with van der Waals surface area (Å²) in [6, 6.07) is 5.81. The van der Waals surface area contributed by atoms with Crippen molar-refractivity contribution >= 4 is 34.1 Å². The van der Waals surface area contributed by atoms with E-state index in [0.717, 1.165) is 16.7 Å². The van der Waals surface area contributed by atoms with Crippen molar-refractivity contribution < 1.29 is 7.48 Å². The Morgan fingerprint density at radius 3 is 3.00 bits per heavy atom. The standard InChI is InChI=1S/C8H6INO2/c1-5-3-2-4-6-7(5)11-8(10-6)12-9/h2-4H,1H3. The summed E-state index contributed by atoms with van der Waals surface area (Å²) in [6.07, 6.45) is 0.305. The van der Waals surface area contributed by atoms with Gasteiger partial charge < -0.3 is 7.48 Å². The maximum absolute atomic E-state index is 5.31. The Labute approximate surface area is 83.4 Å². The second-order valence-corrected chi connectivity index (χ2v) is 2.92. The van der Waals surface area contributed by atoms with E-state index in [-0.39, 0.29) is 0 Å². The maximum atomic E-state index is 5.31. The number of nitrogens with zero attached hydrogens (tertiary/aromatic N) is 1. The fourth-order valence-corrected chi connectivity index (χ4v) is 1.29. The topological polar surface area (TPSA) is 35.3 Å². The van der Waals surface area contributed by atoms with Gasteiger partial charge in [0.05, 0.1) is 0 Å². The molecule has 62 valence electrons. The predicted molar refractivity (Wildman–Crippen MR) is 53.4 cm³/mol. The third kappa shape index (κ3) is 1.16. The van der Waals surface area contributed by atoms with Crippen LogP contribution in [0.3, 0.4) is 0 Å².